The number of carbonyl (C=O) groups is 1. The summed E-state index contributed by atoms with van der Waals surface area (Å²) in [6, 6.07) is 25.4. The minimum atomic E-state index is -1.60. The van der Waals surface area contributed by atoms with Gasteiger partial charge in [0, 0.05) is 12.3 Å². The Morgan fingerprint density at radius 2 is 1.64 bits per heavy atom. The van der Waals surface area contributed by atoms with E-state index in [9.17, 15) is 9.59 Å². The van der Waals surface area contributed by atoms with Crippen molar-refractivity contribution in [3.8, 4) is 11.5 Å². The molecule has 3 aromatic carbocycles. The minimum Gasteiger partial charge on any atom is -0.497 e. The summed E-state index contributed by atoms with van der Waals surface area (Å²) >= 11 is 10.7. The first-order chi connectivity index (χ1) is 24.1. The lowest BCUT2D eigenvalue weighted by molar-refractivity contribution is -0.118. The van der Waals surface area contributed by atoms with Crippen LogP contribution in [0.4, 0.5) is 5.95 Å². The number of hydrogen-bond donors (Lipinski definition) is 2. The van der Waals surface area contributed by atoms with Crippen molar-refractivity contribution in [2.75, 3.05) is 26.1 Å². The molecule has 5 aromatic rings. The number of aromatic nitrogens is 4. The number of benzene rings is 3. The standard InChI is InChI=1S/C35H36N5O7PS2/c1-21(2)32(41)38-34-37-31-30(33(42)39-34)36-20-40(31)29-18-27(47-48(49)50)28(46-29)19-45-35(22-8-6-5-7-9-22,23-10-14-25(43-3)15-11-23)24-12-16-26(44-4)17-13-24/h5-17,20-21,27-29H,18-19H2,1-4H3,(H2,37,38,39,41,42)/t27-,28+,29?/m0/s1. The molecular formula is C35H36N5O7PS2. The van der Waals surface area contributed by atoms with Crippen LogP contribution in [0.3, 0.4) is 0 Å². The summed E-state index contributed by atoms with van der Waals surface area (Å²) in [7, 11) is 3.25. The monoisotopic (exact) mass is 733 g/mol. The Hall–Kier alpha value is -4.17. The highest BCUT2D eigenvalue weighted by Crippen LogP contribution is 2.44. The first kappa shape index (κ1) is 35.6. The van der Waals surface area contributed by atoms with E-state index in [0.717, 1.165) is 16.7 Å². The van der Waals surface area contributed by atoms with E-state index in [-0.39, 0.29) is 35.5 Å². The Morgan fingerprint density at radius 1 is 1.04 bits per heavy atom. The van der Waals surface area contributed by atoms with E-state index in [1.54, 1.807) is 32.6 Å². The number of carbonyl (C=O) groups excluding carboxylic acids is 1. The van der Waals surface area contributed by atoms with Crippen LogP contribution in [0.5, 0.6) is 11.5 Å². The quantitative estimate of drug-likeness (QED) is 0.0872. The number of fused-ring (bicyclic) bond motifs is 1. The molecule has 0 spiro atoms. The van der Waals surface area contributed by atoms with Gasteiger partial charge in [-0.1, -0.05) is 68.4 Å². The van der Waals surface area contributed by atoms with Crippen molar-refractivity contribution in [3.63, 3.8) is 0 Å². The van der Waals surface area contributed by atoms with Crippen molar-refractivity contribution in [1.29, 1.82) is 0 Å². The molecule has 50 heavy (non-hydrogen) atoms. The number of H-pyrrole nitrogens is 1. The summed E-state index contributed by atoms with van der Waals surface area (Å²) in [5.74, 6) is 0.818. The second-order valence-corrected chi connectivity index (χ2v) is 15.3. The van der Waals surface area contributed by atoms with Gasteiger partial charge in [0.2, 0.25) is 18.0 Å². The predicted molar refractivity (Wildman–Crippen MR) is 195 cm³/mol. The molecule has 1 aliphatic rings. The van der Waals surface area contributed by atoms with Crippen LogP contribution in [0.15, 0.2) is 90.0 Å². The Morgan fingerprint density at radius 3 is 2.20 bits per heavy atom. The highest BCUT2D eigenvalue weighted by atomic mass is 32.9. The molecule has 3 heterocycles. The zero-order chi connectivity index (χ0) is 35.4. The first-order valence-electron chi connectivity index (χ1n) is 15.9. The molecule has 12 nitrogen and oxygen atoms in total. The molecule has 1 saturated heterocycles. The van der Waals surface area contributed by atoms with Crippen LogP contribution in [0.2, 0.25) is 0 Å². The fourth-order valence-electron chi connectivity index (χ4n) is 5.98. The van der Waals surface area contributed by atoms with Crippen LogP contribution in [-0.4, -0.2) is 58.5 Å². The third-order valence-corrected chi connectivity index (χ3v) is 9.51. The molecule has 6 rings (SSSR count). The van der Waals surface area contributed by atoms with Crippen LogP contribution < -0.4 is 20.3 Å². The summed E-state index contributed by atoms with van der Waals surface area (Å²) in [5, 5.41) is 2.65. The first-order valence-corrected chi connectivity index (χ1v) is 19.1. The number of rotatable bonds is 13. The molecule has 1 fully saturated rings. The number of ether oxygens (including phenoxy) is 4. The Balaban J connectivity index is 1.38. The van der Waals surface area contributed by atoms with Crippen molar-refractivity contribution < 1.29 is 28.3 Å². The van der Waals surface area contributed by atoms with Crippen LogP contribution >= 0.6 is 6.13 Å². The Bertz CT molecular complexity index is 1980. The van der Waals surface area contributed by atoms with Crippen molar-refractivity contribution in [3.05, 3.63) is 112 Å². The highest BCUT2D eigenvalue weighted by molar-refractivity contribution is 8.45. The fraction of sp³-hybridized carbons (Fsp3) is 0.314. The number of amides is 1. The van der Waals surface area contributed by atoms with E-state index in [2.05, 4.69) is 20.3 Å². The molecule has 0 aliphatic carbocycles. The van der Waals surface area contributed by atoms with Gasteiger partial charge in [-0.2, -0.15) is 9.51 Å². The summed E-state index contributed by atoms with van der Waals surface area (Å²) in [4.78, 5) is 36.7. The molecule has 4 atom stereocenters. The van der Waals surface area contributed by atoms with Crippen molar-refractivity contribution >= 4 is 53.2 Å². The number of imidazole rings is 1. The molecule has 1 amide bonds. The number of methoxy groups -OCH3 is 2. The number of nitrogens with zero attached hydrogens (tertiary/aromatic N) is 3. The third kappa shape index (κ3) is 7.32. The van der Waals surface area contributed by atoms with Crippen LogP contribution in [-0.2, 0) is 48.4 Å². The van der Waals surface area contributed by atoms with E-state index in [1.807, 2.05) is 78.9 Å². The molecular weight excluding hydrogens is 698 g/mol. The smallest absolute Gasteiger partial charge is 0.280 e. The molecule has 1 aliphatic heterocycles. The summed E-state index contributed by atoms with van der Waals surface area (Å²) < 4.78 is 32.4. The van der Waals surface area contributed by atoms with E-state index >= 15 is 0 Å². The number of anilines is 1. The topological polar surface area (TPSA) is 139 Å². The van der Waals surface area contributed by atoms with E-state index < -0.39 is 35.7 Å². The third-order valence-electron chi connectivity index (χ3n) is 8.55. The van der Waals surface area contributed by atoms with Gasteiger partial charge in [-0.3, -0.25) is 24.5 Å². The normalized spacial score (nSPS) is 18.0. The lowest BCUT2D eigenvalue weighted by Gasteiger charge is -2.37. The zero-order valence-corrected chi connectivity index (χ0v) is 30.3. The number of aromatic amines is 1. The number of hydrogen-bond acceptors (Lipinski definition) is 11. The van der Waals surface area contributed by atoms with E-state index in [4.69, 9.17) is 47.5 Å². The minimum absolute atomic E-state index is 0.0138. The van der Waals surface area contributed by atoms with Crippen LogP contribution in [0.1, 0.15) is 43.2 Å². The molecule has 2 N–H and O–H groups in total. The molecule has 15 heteroatoms. The second kappa shape index (κ2) is 15.4. The molecule has 0 radical (unpaired) electrons. The van der Waals surface area contributed by atoms with Gasteiger partial charge in [-0.15, -0.1) is 0 Å². The van der Waals surface area contributed by atoms with Crippen LogP contribution in [0.25, 0.3) is 11.2 Å². The van der Waals surface area contributed by atoms with Gasteiger partial charge < -0.3 is 31.2 Å². The van der Waals surface area contributed by atoms with Crippen molar-refractivity contribution in [2.24, 2.45) is 5.92 Å². The van der Waals surface area contributed by atoms with Gasteiger partial charge in [0.1, 0.15) is 35.5 Å². The van der Waals surface area contributed by atoms with Gasteiger partial charge in [0.25, 0.3) is 5.56 Å². The van der Waals surface area contributed by atoms with Gasteiger partial charge in [0.15, 0.2) is 23.0 Å². The summed E-state index contributed by atoms with van der Waals surface area (Å²) in [6.07, 6.45) is -1.61. The fourth-order valence-corrected chi connectivity index (χ4v) is 7.09. The molecule has 260 valence electrons. The maximum absolute atomic E-state index is 12.9. The predicted octanol–water partition coefficient (Wildman–Crippen LogP) is 5.73. The van der Waals surface area contributed by atoms with E-state index in [1.165, 1.54) is 6.33 Å². The van der Waals surface area contributed by atoms with Crippen LogP contribution in [0, 0.1) is 5.92 Å². The zero-order valence-electron chi connectivity index (χ0n) is 27.8. The average Bonchev–Trinajstić information content (AvgIpc) is 3.73. The van der Waals surface area contributed by atoms with Gasteiger partial charge >= 0.3 is 0 Å². The summed E-state index contributed by atoms with van der Waals surface area (Å²) in [6.45, 7) is 3.56. The summed E-state index contributed by atoms with van der Waals surface area (Å²) in [5.41, 5.74) is 1.35. The van der Waals surface area contributed by atoms with Gasteiger partial charge in [-0.25, -0.2) is 4.98 Å². The highest BCUT2D eigenvalue weighted by Gasteiger charge is 2.44. The molecule has 2 unspecified atom stereocenters. The molecule has 0 bridgehead atoms. The SMILES string of the molecule is COc1ccc(C(OC[C@H]2OC(n3cnc4c(=O)[nH]c(NC(=O)C(C)C)nc43)C[C@@H]2O[P+](=S)[S-])(c2ccccc2)c2ccc(OC)cc2)cc1. The van der Waals surface area contributed by atoms with Gasteiger partial charge in [0.05, 0.1) is 27.2 Å². The molecule has 2 aromatic heterocycles. The lowest BCUT2D eigenvalue weighted by Crippen LogP contribution is -2.38. The Kier molecular flexibility index (Phi) is 11.0. The maximum atomic E-state index is 12.9. The lowest BCUT2D eigenvalue weighted by atomic mass is 9.80. The van der Waals surface area contributed by atoms with Gasteiger partial charge in [-0.05, 0) is 41.0 Å². The maximum Gasteiger partial charge on any atom is 0.280 e. The second-order valence-electron chi connectivity index (χ2n) is 11.9. The average molecular weight is 734 g/mol. The van der Waals surface area contributed by atoms with E-state index in [0.29, 0.717) is 17.9 Å². The van der Waals surface area contributed by atoms with Crippen molar-refractivity contribution in [1.82, 2.24) is 19.5 Å². The largest absolute Gasteiger partial charge is 0.497 e. The Labute approximate surface area is 300 Å². The van der Waals surface area contributed by atoms with Crippen molar-refractivity contribution in [2.45, 2.75) is 44.3 Å². The number of nitrogens with one attached hydrogen (secondary N) is 2. The molecule has 0 saturated carbocycles.